The molecule has 0 aliphatic heterocycles. The molecule has 0 atom stereocenters. The Morgan fingerprint density at radius 1 is 0.391 bits per heavy atom. The van der Waals surface area contributed by atoms with Crippen molar-refractivity contribution in [2.45, 2.75) is 38.5 Å². The molecule has 0 aromatic heterocycles. The monoisotopic (exact) mass is 398 g/mol. The topological polar surface area (TPSA) is 128 Å². The van der Waals surface area contributed by atoms with Crippen molar-refractivity contribution in [2.24, 2.45) is 22.9 Å². The van der Waals surface area contributed by atoms with Crippen LogP contribution in [-0.4, -0.2) is 52.4 Å². The van der Waals surface area contributed by atoms with Gasteiger partial charge in [-0.3, -0.25) is 0 Å². The molecule has 6 nitrogen and oxygen atoms in total. The second-order valence-electron chi connectivity index (χ2n) is 4.78. The van der Waals surface area contributed by atoms with Crippen molar-refractivity contribution in [3.8, 4) is 0 Å². The molecule has 0 saturated heterocycles. The van der Waals surface area contributed by atoms with E-state index in [0.717, 1.165) is 78.0 Å². The molecule has 0 amide bonds. The molecule has 0 aliphatic carbocycles. The van der Waals surface area contributed by atoms with Crippen LogP contribution in [0.25, 0.3) is 0 Å². The van der Waals surface area contributed by atoms with Crippen LogP contribution in [-0.2, 0) is 0 Å². The smallest absolute Gasteiger partial charge is 0.00369 e. The second-order valence-corrected chi connectivity index (χ2v) is 4.78. The summed E-state index contributed by atoms with van der Waals surface area (Å²) in [5.74, 6) is 0. The highest BCUT2D eigenvalue weighted by Gasteiger charge is 1.86. The molecule has 10 N–H and O–H groups in total. The minimum atomic E-state index is 0. The first-order chi connectivity index (χ1) is 9.83. The molecule has 9 heteroatoms. The van der Waals surface area contributed by atoms with Crippen molar-refractivity contribution in [2.75, 3.05) is 52.4 Å². The van der Waals surface area contributed by atoms with Gasteiger partial charge in [0.2, 0.25) is 0 Å². The number of rotatable bonds is 14. The number of hydrogen-bond acceptors (Lipinski definition) is 6. The van der Waals surface area contributed by atoms with E-state index in [-0.39, 0.29) is 37.2 Å². The van der Waals surface area contributed by atoms with E-state index in [2.05, 4.69) is 10.6 Å². The number of nitrogens with one attached hydrogen (secondary N) is 2. The number of nitrogens with two attached hydrogens (primary N) is 4. The van der Waals surface area contributed by atoms with Gasteiger partial charge >= 0.3 is 0 Å². The highest BCUT2D eigenvalue weighted by atomic mass is 35.5. The molecule has 0 spiro atoms. The first-order valence-corrected chi connectivity index (χ1v) is 8.05. The zero-order valence-electron chi connectivity index (χ0n) is 14.4. The summed E-state index contributed by atoms with van der Waals surface area (Å²) in [5.41, 5.74) is 21.3. The van der Waals surface area contributed by atoms with Crippen LogP contribution in [0, 0.1) is 0 Å². The molecule has 23 heavy (non-hydrogen) atoms. The van der Waals surface area contributed by atoms with Gasteiger partial charge in [-0.15, -0.1) is 37.2 Å². The third-order valence-electron chi connectivity index (χ3n) is 2.73. The Morgan fingerprint density at radius 2 is 0.652 bits per heavy atom. The molecule has 148 valence electrons. The van der Waals surface area contributed by atoms with E-state index in [1.54, 1.807) is 0 Å². The van der Waals surface area contributed by atoms with Gasteiger partial charge in [-0.2, -0.15) is 0 Å². The van der Waals surface area contributed by atoms with Gasteiger partial charge in [0.25, 0.3) is 0 Å². The Kier molecular flexibility index (Phi) is 58.0. The molecule has 0 saturated carbocycles. The summed E-state index contributed by atoms with van der Waals surface area (Å²) < 4.78 is 0. The van der Waals surface area contributed by atoms with Crippen molar-refractivity contribution in [1.82, 2.24) is 10.6 Å². The van der Waals surface area contributed by atoms with Crippen LogP contribution in [0.5, 0.6) is 0 Å². The van der Waals surface area contributed by atoms with Gasteiger partial charge in [-0.05, 0) is 90.9 Å². The minimum Gasteiger partial charge on any atom is -0.330 e. The zero-order valence-corrected chi connectivity index (χ0v) is 16.9. The highest BCUT2D eigenvalue weighted by Crippen LogP contribution is 1.82. The fourth-order valence-electron chi connectivity index (χ4n) is 1.49. The summed E-state index contributed by atoms with van der Waals surface area (Å²) in [6.45, 7) is 7.42. The maximum absolute atomic E-state index is 5.32. The van der Waals surface area contributed by atoms with Crippen molar-refractivity contribution in [3.05, 3.63) is 0 Å². The van der Waals surface area contributed by atoms with Gasteiger partial charge < -0.3 is 33.6 Å². The molecular weight excluding hydrogens is 359 g/mol. The Hall–Kier alpha value is 0.630. The molecule has 0 rings (SSSR count). The largest absolute Gasteiger partial charge is 0.330 e. The quantitative estimate of drug-likeness (QED) is 0.237. The predicted octanol–water partition coefficient (Wildman–Crippen LogP) is 0.593. The summed E-state index contributed by atoms with van der Waals surface area (Å²) >= 11 is 0. The van der Waals surface area contributed by atoms with E-state index >= 15 is 0 Å². The molecule has 0 unspecified atom stereocenters. The predicted molar refractivity (Wildman–Crippen MR) is 111 cm³/mol. The maximum Gasteiger partial charge on any atom is -0.00369 e. The summed E-state index contributed by atoms with van der Waals surface area (Å²) in [4.78, 5) is 0. The van der Waals surface area contributed by atoms with Crippen molar-refractivity contribution in [3.63, 3.8) is 0 Å². The number of hydrogen-bond donors (Lipinski definition) is 6. The standard InChI is InChI=1S/2C7H19N3.3ClH/c2*8-4-1-2-6-10-7-3-5-9;;;/h2*10H,1-9H2;3*1H. The van der Waals surface area contributed by atoms with E-state index in [9.17, 15) is 0 Å². The van der Waals surface area contributed by atoms with Crippen LogP contribution >= 0.6 is 37.2 Å². The summed E-state index contributed by atoms with van der Waals surface area (Å²) in [6, 6.07) is 0. The molecule has 0 aromatic carbocycles. The van der Waals surface area contributed by atoms with E-state index in [1.165, 1.54) is 12.8 Å². The molecule has 0 fully saturated rings. The Morgan fingerprint density at radius 3 is 0.913 bits per heavy atom. The normalized spacial score (nSPS) is 8.87. The van der Waals surface area contributed by atoms with Gasteiger partial charge in [0.05, 0.1) is 0 Å². The van der Waals surface area contributed by atoms with Crippen LogP contribution in [0.1, 0.15) is 38.5 Å². The fourth-order valence-corrected chi connectivity index (χ4v) is 1.49. The van der Waals surface area contributed by atoms with Crippen molar-refractivity contribution in [1.29, 1.82) is 0 Å². The third kappa shape index (κ3) is 45.0. The van der Waals surface area contributed by atoms with E-state index < -0.39 is 0 Å². The Balaban J connectivity index is -0.0000000831. The van der Waals surface area contributed by atoms with Crippen LogP contribution < -0.4 is 33.6 Å². The second kappa shape index (κ2) is 38.3. The van der Waals surface area contributed by atoms with Gasteiger partial charge in [0.15, 0.2) is 0 Å². The summed E-state index contributed by atoms with van der Waals surface area (Å²) in [5, 5.41) is 6.57. The highest BCUT2D eigenvalue weighted by molar-refractivity contribution is 5.86. The van der Waals surface area contributed by atoms with E-state index in [4.69, 9.17) is 22.9 Å². The lowest BCUT2D eigenvalue weighted by molar-refractivity contribution is 0.611. The van der Waals surface area contributed by atoms with Crippen LogP contribution in [0.4, 0.5) is 0 Å². The Labute approximate surface area is 161 Å². The third-order valence-corrected chi connectivity index (χ3v) is 2.73. The number of unbranched alkanes of at least 4 members (excludes halogenated alkanes) is 2. The molecule has 0 radical (unpaired) electrons. The van der Waals surface area contributed by atoms with Crippen molar-refractivity contribution < 1.29 is 0 Å². The lowest BCUT2D eigenvalue weighted by Gasteiger charge is -2.01. The van der Waals surface area contributed by atoms with Crippen molar-refractivity contribution >= 4 is 37.2 Å². The van der Waals surface area contributed by atoms with Gasteiger partial charge in [-0.25, -0.2) is 0 Å². The first-order valence-electron chi connectivity index (χ1n) is 8.05. The maximum atomic E-state index is 5.32. The summed E-state index contributed by atoms with van der Waals surface area (Å²) in [6.07, 6.45) is 6.75. The first kappa shape index (κ1) is 34.9. The average Bonchev–Trinajstić information content (AvgIpc) is 2.47. The molecule has 0 heterocycles. The number of halogens is 3. The van der Waals surface area contributed by atoms with E-state index in [1.807, 2.05) is 0 Å². The average molecular weight is 400 g/mol. The van der Waals surface area contributed by atoms with Gasteiger partial charge in [-0.1, -0.05) is 0 Å². The van der Waals surface area contributed by atoms with Gasteiger partial charge in [0.1, 0.15) is 0 Å². The zero-order chi connectivity index (χ0) is 15.3. The molecule has 0 aromatic rings. The van der Waals surface area contributed by atoms with E-state index in [0.29, 0.717) is 0 Å². The lowest BCUT2D eigenvalue weighted by Crippen LogP contribution is -2.19. The summed E-state index contributed by atoms with van der Waals surface area (Å²) in [7, 11) is 0. The fraction of sp³-hybridized carbons (Fsp3) is 1.00. The molecule has 0 bridgehead atoms. The Bertz CT molecular complexity index is 126. The van der Waals surface area contributed by atoms with Gasteiger partial charge in [0, 0.05) is 0 Å². The van der Waals surface area contributed by atoms with Crippen LogP contribution in [0.2, 0.25) is 0 Å². The lowest BCUT2D eigenvalue weighted by atomic mass is 10.3. The minimum absolute atomic E-state index is 0. The molecular formula is C14H41Cl3N6. The SMILES string of the molecule is Cl.Cl.Cl.NCCCCNCCCN.NCCCCNCCCN. The van der Waals surface area contributed by atoms with Crippen LogP contribution in [0.15, 0.2) is 0 Å². The molecule has 0 aliphatic rings. The van der Waals surface area contributed by atoms with Crippen LogP contribution in [0.3, 0.4) is 0 Å².